The highest BCUT2D eigenvalue weighted by molar-refractivity contribution is 5.96. The van der Waals surface area contributed by atoms with Gasteiger partial charge in [0.15, 0.2) is 0 Å². The summed E-state index contributed by atoms with van der Waals surface area (Å²) in [4.78, 5) is 17.7. The number of fused-ring (bicyclic) bond motifs is 4. The number of carbonyl (C=O) groups is 1. The van der Waals surface area contributed by atoms with Gasteiger partial charge in [0.05, 0.1) is 11.6 Å². The number of nitrogens with zero attached hydrogens (tertiary/aromatic N) is 1. The van der Waals surface area contributed by atoms with Crippen LogP contribution in [-0.2, 0) is 0 Å². The van der Waals surface area contributed by atoms with Crippen LogP contribution in [0.3, 0.4) is 0 Å². The van der Waals surface area contributed by atoms with Gasteiger partial charge in [-0.05, 0) is 99.5 Å². The van der Waals surface area contributed by atoms with Crippen LogP contribution in [0.5, 0.6) is 5.75 Å². The average molecular weight is 433 g/mol. The standard InChI is InChI=1S/C28H36N2O2/c1-17-22-9-10-24-20-8-7-18-15-19(30-26(32)21-5-3-4-6-25(21)31)11-13-27(18,2)23(20)12-14-28(22,24)16-29-17/h3-7,16-17,19-20,22-24,31H,8-15H2,1-2H3,(H,30,32)/t17-,19+,20-,22-,23-,24+,27+,28+/m1/s1. The number of amides is 1. The summed E-state index contributed by atoms with van der Waals surface area (Å²) in [5.41, 5.74) is 2.62. The Kier molecular flexibility index (Phi) is 4.61. The molecule has 5 aliphatic rings. The first kappa shape index (κ1) is 20.5. The molecule has 3 fully saturated rings. The van der Waals surface area contributed by atoms with Crippen LogP contribution >= 0.6 is 0 Å². The number of carbonyl (C=O) groups excluding carboxylic acids is 1. The molecule has 1 aliphatic heterocycles. The smallest absolute Gasteiger partial charge is 0.255 e. The lowest BCUT2D eigenvalue weighted by Crippen LogP contribution is -2.52. The summed E-state index contributed by atoms with van der Waals surface area (Å²) in [7, 11) is 0. The van der Waals surface area contributed by atoms with E-state index < -0.39 is 0 Å². The number of hydrogen-bond donors (Lipinski definition) is 2. The number of phenols is 1. The van der Waals surface area contributed by atoms with Crippen molar-refractivity contribution in [3.8, 4) is 5.75 Å². The molecule has 32 heavy (non-hydrogen) atoms. The Balaban J connectivity index is 1.20. The molecule has 0 radical (unpaired) electrons. The summed E-state index contributed by atoms with van der Waals surface area (Å²) in [5, 5.41) is 13.3. The number of hydrogen-bond acceptors (Lipinski definition) is 3. The highest BCUT2D eigenvalue weighted by atomic mass is 16.3. The van der Waals surface area contributed by atoms with Crippen LogP contribution in [0.4, 0.5) is 0 Å². The van der Waals surface area contributed by atoms with Gasteiger partial charge in [0.1, 0.15) is 5.75 Å². The Morgan fingerprint density at radius 2 is 1.91 bits per heavy atom. The molecule has 3 saturated carbocycles. The largest absolute Gasteiger partial charge is 0.507 e. The van der Waals surface area contributed by atoms with Crippen molar-refractivity contribution < 1.29 is 9.90 Å². The zero-order valence-corrected chi connectivity index (χ0v) is 19.4. The Morgan fingerprint density at radius 1 is 1.09 bits per heavy atom. The second-order valence-electron chi connectivity index (χ2n) is 11.5. The molecule has 8 atom stereocenters. The van der Waals surface area contributed by atoms with E-state index in [4.69, 9.17) is 4.99 Å². The Labute approximate surface area is 191 Å². The van der Waals surface area contributed by atoms with Crippen LogP contribution in [0.25, 0.3) is 0 Å². The van der Waals surface area contributed by atoms with Gasteiger partial charge in [-0.2, -0.15) is 0 Å². The van der Waals surface area contributed by atoms with Crippen LogP contribution in [0.2, 0.25) is 0 Å². The maximum Gasteiger partial charge on any atom is 0.255 e. The summed E-state index contributed by atoms with van der Waals surface area (Å²) < 4.78 is 0. The van der Waals surface area contributed by atoms with Gasteiger partial charge in [-0.15, -0.1) is 0 Å². The molecule has 0 aromatic heterocycles. The van der Waals surface area contributed by atoms with E-state index in [9.17, 15) is 9.90 Å². The third kappa shape index (κ3) is 2.80. The molecule has 6 rings (SSSR count). The third-order valence-electron chi connectivity index (χ3n) is 10.4. The lowest BCUT2D eigenvalue weighted by atomic mass is 9.47. The van der Waals surface area contributed by atoms with Crippen molar-refractivity contribution in [2.75, 3.05) is 0 Å². The van der Waals surface area contributed by atoms with E-state index >= 15 is 0 Å². The Morgan fingerprint density at radius 3 is 2.75 bits per heavy atom. The molecule has 2 N–H and O–H groups in total. The number of nitrogens with one attached hydrogen (secondary N) is 1. The number of aliphatic imine (C=N–C) groups is 1. The fourth-order valence-corrected chi connectivity index (χ4v) is 8.79. The van der Waals surface area contributed by atoms with E-state index in [0.29, 0.717) is 17.0 Å². The molecule has 4 heteroatoms. The van der Waals surface area contributed by atoms with Gasteiger partial charge in [-0.3, -0.25) is 9.79 Å². The molecule has 1 aromatic rings. The number of aromatic hydroxyl groups is 1. The summed E-state index contributed by atoms with van der Waals surface area (Å²) in [6, 6.07) is 7.50. The minimum atomic E-state index is -0.155. The van der Waals surface area contributed by atoms with Gasteiger partial charge in [-0.1, -0.05) is 30.7 Å². The number of benzene rings is 1. The second-order valence-corrected chi connectivity index (χ2v) is 11.5. The average Bonchev–Trinajstić information content (AvgIpc) is 3.31. The van der Waals surface area contributed by atoms with Crippen molar-refractivity contribution in [1.82, 2.24) is 5.32 Å². The maximum atomic E-state index is 12.8. The normalized spacial score (nSPS) is 44.1. The molecule has 1 spiro atoms. The molecule has 0 bridgehead atoms. The van der Waals surface area contributed by atoms with Crippen molar-refractivity contribution in [3.63, 3.8) is 0 Å². The molecule has 1 aromatic carbocycles. The number of rotatable bonds is 2. The van der Waals surface area contributed by atoms with E-state index in [1.807, 2.05) is 0 Å². The molecule has 0 saturated heterocycles. The maximum absolute atomic E-state index is 12.8. The minimum absolute atomic E-state index is 0.0566. The predicted octanol–water partition coefficient (Wildman–Crippen LogP) is 5.52. The van der Waals surface area contributed by atoms with E-state index in [0.717, 1.165) is 42.9 Å². The van der Waals surface area contributed by atoms with E-state index in [-0.39, 0.29) is 23.1 Å². The molecular weight excluding hydrogens is 396 g/mol. The topological polar surface area (TPSA) is 61.7 Å². The zero-order valence-electron chi connectivity index (χ0n) is 19.4. The lowest BCUT2D eigenvalue weighted by Gasteiger charge is -2.57. The highest BCUT2D eigenvalue weighted by Crippen LogP contribution is 2.67. The van der Waals surface area contributed by atoms with Crippen molar-refractivity contribution >= 4 is 12.1 Å². The molecule has 1 heterocycles. The van der Waals surface area contributed by atoms with Crippen LogP contribution in [0, 0.1) is 34.5 Å². The quantitative estimate of drug-likeness (QED) is 0.604. The summed E-state index contributed by atoms with van der Waals surface area (Å²) >= 11 is 0. The first-order chi connectivity index (χ1) is 15.4. The van der Waals surface area contributed by atoms with Gasteiger partial charge in [0.2, 0.25) is 0 Å². The van der Waals surface area contributed by atoms with Crippen molar-refractivity contribution in [2.45, 2.75) is 77.3 Å². The fourth-order valence-electron chi connectivity index (χ4n) is 8.79. The molecule has 4 nitrogen and oxygen atoms in total. The van der Waals surface area contributed by atoms with Crippen LogP contribution < -0.4 is 5.32 Å². The third-order valence-corrected chi connectivity index (χ3v) is 10.4. The number of phenolic OH excluding ortho intramolecular Hbond substituents is 1. The summed E-state index contributed by atoms with van der Waals surface area (Å²) in [5.74, 6) is 3.07. The van der Waals surface area contributed by atoms with Gasteiger partial charge >= 0.3 is 0 Å². The minimum Gasteiger partial charge on any atom is -0.507 e. The molecular formula is C28H36N2O2. The Hall–Kier alpha value is -2.10. The van der Waals surface area contributed by atoms with Crippen LogP contribution in [0.1, 0.15) is 75.6 Å². The fraction of sp³-hybridized carbons (Fsp3) is 0.643. The molecule has 170 valence electrons. The first-order valence-electron chi connectivity index (χ1n) is 12.7. The van der Waals surface area contributed by atoms with Gasteiger partial charge in [0.25, 0.3) is 5.91 Å². The second kappa shape index (κ2) is 7.20. The van der Waals surface area contributed by atoms with Crippen molar-refractivity contribution in [2.24, 2.45) is 39.5 Å². The van der Waals surface area contributed by atoms with E-state index in [1.54, 1.807) is 29.8 Å². The molecule has 1 amide bonds. The van der Waals surface area contributed by atoms with Crippen molar-refractivity contribution in [3.05, 3.63) is 41.5 Å². The van der Waals surface area contributed by atoms with E-state index in [1.165, 1.54) is 32.1 Å². The monoisotopic (exact) mass is 432 g/mol. The van der Waals surface area contributed by atoms with Gasteiger partial charge < -0.3 is 10.4 Å². The van der Waals surface area contributed by atoms with Gasteiger partial charge in [0, 0.05) is 17.7 Å². The summed E-state index contributed by atoms with van der Waals surface area (Å²) in [6.45, 7) is 4.85. The van der Waals surface area contributed by atoms with Gasteiger partial charge in [-0.25, -0.2) is 0 Å². The SMILES string of the molecule is C[C@H]1N=C[C@]23CC[C@@H]4[C@@H](CC=C5C[C@@H](NC(=O)c6ccccc6O)CC[C@@]54C)[C@@H]2CC[C@H]13. The number of para-hydroxylation sites is 1. The van der Waals surface area contributed by atoms with Crippen LogP contribution in [0.15, 0.2) is 40.9 Å². The van der Waals surface area contributed by atoms with Crippen molar-refractivity contribution in [1.29, 1.82) is 0 Å². The molecule has 4 aliphatic carbocycles. The number of allylic oxidation sites excluding steroid dienone is 1. The molecule has 0 unspecified atom stereocenters. The lowest BCUT2D eigenvalue weighted by molar-refractivity contribution is -0.0158. The summed E-state index contributed by atoms with van der Waals surface area (Å²) in [6.07, 6.45) is 14.7. The highest BCUT2D eigenvalue weighted by Gasteiger charge is 2.62. The first-order valence-corrected chi connectivity index (χ1v) is 12.7. The predicted molar refractivity (Wildman–Crippen MR) is 127 cm³/mol. The van der Waals surface area contributed by atoms with Crippen LogP contribution in [-0.4, -0.2) is 29.3 Å². The zero-order chi connectivity index (χ0) is 22.1. The Bertz CT molecular complexity index is 999. The van der Waals surface area contributed by atoms with E-state index in [2.05, 4.69) is 31.5 Å².